The molecule has 0 unspecified atom stereocenters. The number of halogens is 1. The highest BCUT2D eigenvalue weighted by Gasteiger charge is 2.34. The lowest BCUT2D eigenvalue weighted by molar-refractivity contribution is -0.125. The van der Waals surface area contributed by atoms with Gasteiger partial charge in [0.2, 0.25) is 5.91 Å². The molecule has 0 atom stereocenters. The number of fused-ring (bicyclic) bond motifs is 1. The zero-order valence-corrected chi connectivity index (χ0v) is 15.8. The summed E-state index contributed by atoms with van der Waals surface area (Å²) in [6.45, 7) is 1.83. The summed E-state index contributed by atoms with van der Waals surface area (Å²) >= 11 is 1.46. The first-order chi connectivity index (χ1) is 13.1. The maximum atomic E-state index is 13.8. The number of nitrogens with one attached hydrogen (secondary N) is 1. The van der Waals surface area contributed by atoms with Crippen molar-refractivity contribution in [2.75, 3.05) is 31.6 Å². The number of hydrogen-bond acceptors (Lipinski definition) is 5. The van der Waals surface area contributed by atoms with Crippen molar-refractivity contribution >= 4 is 32.6 Å². The van der Waals surface area contributed by atoms with Gasteiger partial charge in [-0.05, 0) is 36.2 Å². The van der Waals surface area contributed by atoms with Gasteiger partial charge < -0.3 is 15.0 Å². The predicted octanol–water partition coefficient (Wildman–Crippen LogP) is 3.24. The molecule has 7 heteroatoms. The Kier molecular flexibility index (Phi) is 4.94. The van der Waals surface area contributed by atoms with Gasteiger partial charge in [-0.2, -0.15) is 0 Å². The summed E-state index contributed by atoms with van der Waals surface area (Å²) < 4.78 is 19.8. The van der Waals surface area contributed by atoms with E-state index in [1.807, 2.05) is 35.2 Å². The Hall–Kier alpha value is -2.67. The fourth-order valence-corrected chi connectivity index (χ4v) is 4.14. The van der Waals surface area contributed by atoms with Crippen LogP contribution in [0.25, 0.3) is 10.2 Å². The van der Waals surface area contributed by atoms with Gasteiger partial charge in [0, 0.05) is 19.6 Å². The molecule has 0 bridgehead atoms. The molecule has 0 saturated carbocycles. The lowest BCUT2D eigenvalue weighted by atomic mass is 10.00. The zero-order chi connectivity index (χ0) is 18.8. The number of benzene rings is 2. The number of nitrogens with zero attached hydrogens (tertiary/aromatic N) is 2. The number of rotatable bonds is 6. The number of hydrogen-bond donors (Lipinski definition) is 1. The molecule has 1 aromatic heterocycles. The average molecular weight is 385 g/mol. The number of methoxy groups -OCH3 is 1. The van der Waals surface area contributed by atoms with E-state index in [2.05, 4.69) is 10.3 Å². The third kappa shape index (κ3) is 3.73. The monoisotopic (exact) mass is 385 g/mol. The van der Waals surface area contributed by atoms with Gasteiger partial charge >= 0.3 is 0 Å². The first-order valence-corrected chi connectivity index (χ1v) is 9.66. The molecule has 3 aromatic rings. The molecule has 5 nitrogen and oxygen atoms in total. The zero-order valence-electron chi connectivity index (χ0n) is 14.9. The van der Waals surface area contributed by atoms with Crippen molar-refractivity contribution in [2.45, 2.75) is 6.42 Å². The van der Waals surface area contributed by atoms with Crippen molar-refractivity contribution in [2.24, 2.45) is 5.92 Å². The van der Waals surface area contributed by atoms with Gasteiger partial charge in [0.05, 0.1) is 17.7 Å². The average Bonchev–Trinajstić information content (AvgIpc) is 3.06. The van der Waals surface area contributed by atoms with E-state index in [1.165, 1.54) is 17.4 Å². The Morgan fingerprint density at radius 2 is 2.15 bits per heavy atom. The Morgan fingerprint density at radius 3 is 2.93 bits per heavy atom. The number of aromatic nitrogens is 1. The molecule has 1 aliphatic heterocycles. The number of ether oxygens (including phenoxy) is 1. The summed E-state index contributed by atoms with van der Waals surface area (Å²) in [7, 11) is 1.64. The summed E-state index contributed by atoms with van der Waals surface area (Å²) in [5.41, 5.74) is 1.53. The molecule has 0 radical (unpaired) electrons. The lowest BCUT2D eigenvalue weighted by Crippen LogP contribution is -2.54. The first kappa shape index (κ1) is 17.7. The molecule has 1 N–H and O–H groups in total. The van der Waals surface area contributed by atoms with Crippen LogP contribution in [0.15, 0.2) is 42.5 Å². The highest BCUT2D eigenvalue weighted by atomic mass is 32.1. The second-order valence-corrected chi connectivity index (χ2v) is 7.59. The van der Waals surface area contributed by atoms with Crippen molar-refractivity contribution in [1.82, 2.24) is 10.3 Å². The van der Waals surface area contributed by atoms with Crippen molar-refractivity contribution < 1.29 is 13.9 Å². The lowest BCUT2D eigenvalue weighted by Gasteiger charge is -2.37. The SMILES string of the molecule is COc1cccc(CCNC(=O)C2CN(c3nc4c(F)cccc4s3)C2)c1. The number of anilines is 1. The topological polar surface area (TPSA) is 54.5 Å². The van der Waals surface area contributed by atoms with Crippen LogP contribution in [-0.4, -0.2) is 37.6 Å². The molecule has 0 spiro atoms. The maximum Gasteiger partial charge on any atom is 0.226 e. The maximum absolute atomic E-state index is 13.8. The van der Waals surface area contributed by atoms with Crippen molar-refractivity contribution in [3.63, 3.8) is 0 Å². The number of thiazole rings is 1. The van der Waals surface area contributed by atoms with Crippen LogP contribution >= 0.6 is 11.3 Å². The first-order valence-electron chi connectivity index (χ1n) is 8.84. The molecule has 140 valence electrons. The number of carbonyl (C=O) groups excluding carboxylic acids is 1. The van der Waals surface area contributed by atoms with Crippen LogP contribution in [0.4, 0.5) is 9.52 Å². The normalized spacial score (nSPS) is 14.2. The van der Waals surface area contributed by atoms with E-state index in [0.29, 0.717) is 25.2 Å². The van der Waals surface area contributed by atoms with Crippen LogP contribution in [0.1, 0.15) is 5.56 Å². The molecule has 1 aliphatic rings. The van der Waals surface area contributed by atoms with Crippen molar-refractivity contribution in [3.8, 4) is 5.75 Å². The Morgan fingerprint density at radius 1 is 1.33 bits per heavy atom. The summed E-state index contributed by atoms with van der Waals surface area (Å²) in [5, 5.41) is 3.77. The minimum Gasteiger partial charge on any atom is -0.497 e. The van der Waals surface area contributed by atoms with Gasteiger partial charge in [-0.1, -0.05) is 29.5 Å². The molecule has 1 saturated heterocycles. The standard InChI is InChI=1S/C20H20FN3O2S/c1-26-15-5-2-4-13(10-15)8-9-22-19(25)14-11-24(12-14)20-23-18-16(21)6-3-7-17(18)27-20/h2-7,10,14H,8-9,11-12H2,1H3,(H,22,25). The van der Waals surface area contributed by atoms with Gasteiger partial charge in [-0.15, -0.1) is 0 Å². The third-order valence-corrected chi connectivity index (χ3v) is 5.81. The number of para-hydroxylation sites is 1. The van der Waals surface area contributed by atoms with E-state index in [-0.39, 0.29) is 17.6 Å². The van der Waals surface area contributed by atoms with E-state index < -0.39 is 0 Å². The van der Waals surface area contributed by atoms with Crippen LogP contribution in [0.2, 0.25) is 0 Å². The Labute approximate surface area is 160 Å². The van der Waals surface area contributed by atoms with Gasteiger partial charge in [-0.25, -0.2) is 9.37 Å². The number of amides is 1. The minimum absolute atomic E-state index is 0.0489. The van der Waals surface area contributed by atoms with Crippen LogP contribution < -0.4 is 15.0 Å². The second-order valence-electron chi connectivity index (χ2n) is 6.58. The molecule has 1 fully saturated rings. The predicted molar refractivity (Wildman–Crippen MR) is 105 cm³/mol. The van der Waals surface area contributed by atoms with Gasteiger partial charge in [0.25, 0.3) is 0 Å². The van der Waals surface area contributed by atoms with Crippen LogP contribution in [0.3, 0.4) is 0 Å². The second kappa shape index (κ2) is 7.52. The van der Waals surface area contributed by atoms with Crippen LogP contribution in [0, 0.1) is 11.7 Å². The third-order valence-electron chi connectivity index (χ3n) is 4.73. The molecule has 0 aliphatic carbocycles. The smallest absolute Gasteiger partial charge is 0.226 e. The molecule has 27 heavy (non-hydrogen) atoms. The molecule has 2 heterocycles. The van der Waals surface area contributed by atoms with E-state index >= 15 is 0 Å². The largest absolute Gasteiger partial charge is 0.497 e. The van der Waals surface area contributed by atoms with Crippen LogP contribution in [-0.2, 0) is 11.2 Å². The van der Waals surface area contributed by atoms with Crippen LogP contribution in [0.5, 0.6) is 5.75 Å². The summed E-state index contributed by atoms with van der Waals surface area (Å²) in [5.74, 6) is 0.525. The number of carbonyl (C=O) groups is 1. The fourth-order valence-electron chi connectivity index (χ4n) is 3.14. The van der Waals surface area contributed by atoms with Gasteiger partial charge in [0.1, 0.15) is 17.1 Å². The molecular weight excluding hydrogens is 365 g/mol. The van der Waals surface area contributed by atoms with Crippen molar-refractivity contribution in [1.29, 1.82) is 0 Å². The summed E-state index contributed by atoms with van der Waals surface area (Å²) in [4.78, 5) is 18.7. The van der Waals surface area contributed by atoms with E-state index in [0.717, 1.165) is 27.6 Å². The van der Waals surface area contributed by atoms with E-state index in [1.54, 1.807) is 13.2 Å². The molecule has 4 rings (SSSR count). The quantitative estimate of drug-likeness (QED) is 0.708. The minimum atomic E-state index is -0.303. The Balaban J connectivity index is 1.27. The molecular formula is C20H20FN3O2S. The van der Waals surface area contributed by atoms with E-state index in [4.69, 9.17) is 4.74 Å². The molecule has 2 aromatic carbocycles. The van der Waals surface area contributed by atoms with Crippen molar-refractivity contribution in [3.05, 3.63) is 53.8 Å². The fraction of sp³-hybridized carbons (Fsp3) is 0.300. The van der Waals surface area contributed by atoms with E-state index in [9.17, 15) is 9.18 Å². The highest BCUT2D eigenvalue weighted by molar-refractivity contribution is 7.22. The molecule has 1 amide bonds. The Bertz CT molecular complexity index is 969. The summed E-state index contributed by atoms with van der Waals surface area (Å²) in [6, 6.07) is 12.8. The summed E-state index contributed by atoms with van der Waals surface area (Å²) in [6.07, 6.45) is 0.760. The van der Waals surface area contributed by atoms with Gasteiger partial charge in [0.15, 0.2) is 5.13 Å². The van der Waals surface area contributed by atoms with Gasteiger partial charge in [-0.3, -0.25) is 4.79 Å². The highest BCUT2D eigenvalue weighted by Crippen LogP contribution is 2.33.